The Balaban J connectivity index is 2.40. The van der Waals surface area contributed by atoms with Crippen LogP contribution in [0.4, 0.5) is 5.69 Å². The van der Waals surface area contributed by atoms with E-state index in [0.717, 1.165) is 40.0 Å². The fourth-order valence-corrected chi connectivity index (χ4v) is 2.38. The molecular formula is C13H13NOS. The van der Waals surface area contributed by atoms with Crippen molar-refractivity contribution < 1.29 is 4.79 Å². The minimum absolute atomic E-state index is 0.744. The number of hydrogen-bond acceptors (Lipinski definition) is 3. The summed E-state index contributed by atoms with van der Waals surface area (Å²) in [7, 11) is 0. The molecule has 0 unspecified atom stereocenters. The molecule has 82 valence electrons. The Morgan fingerprint density at radius 3 is 2.69 bits per heavy atom. The van der Waals surface area contributed by atoms with E-state index < -0.39 is 0 Å². The summed E-state index contributed by atoms with van der Waals surface area (Å²) in [5.41, 5.74) is 10.0. The smallest absolute Gasteiger partial charge is 0.160 e. The normalized spacial score (nSPS) is 10.3. The molecule has 0 fully saturated rings. The van der Waals surface area contributed by atoms with Gasteiger partial charge in [-0.05, 0) is 40.6 Å². The van der Waals surface area contributed by atoms with Gasteiger partial charge in [0.2, 0.25) is 0 Å². The number of nitrogen functional groups attached to an aromatic ring is 1. The zero-order valence-corrected chi connectivity index (χ0v) is 9.88. The Bertz CT molecular complexity index is 516. The predicted molar refractivity (Wildman–Crippen MR) is 68.9 cm³/mol. The predicted octanol–water partition coefficient (Wildman–Crippen LogP) is 3.37. The van der Waals surface area contributed by atoms with Crippen LogP contribution in [-0.4, -0.2) is 6.29 Å². The lowest BCUT2D eigenvalue weighted by Gasteiger charge is -2.05. The largest absolute Gasteiger partial charge is 0.398 e. The van der Waals surface area contributed by atoms with Gasteiger partial charge in [0.15, 0.2) is 6.29 Å². The Morgan fingerprint density at radius 2 is 2.12 bits per heavy atom. The third kappa shape index (κ3) is 1.99. The van der Waals surface area contributed by atoms with Crippen molar-refractivity contribution >= 4 is 23.3 Å². The van der Waals surface area contributed by atoms with E-state index >= 15 is 0 Å². The summed E-state index contributed by atoms with van der Waals surface area (Å²) >= 11 is 1.45. The van der Waals surface area contributed by atoms with Crippen LogP contribution >= 0.6 is 11.3 Å². The standard InChI is InChI=1S/C13H13NOS/c1-2-9-3-4-10(6-13(9)14)11-5-12(7-15)16-8-11/h3-8H,2,14H2,1H3. The van der Waals surface area contributed by atoms with Crippen LogP contribution in [0.15, 0.2) is 29.6 Å². The van der Waals surface area contributed by atoms with E-state index in [4.69, 9.17) is 5.73 Å². The zero-order chi connectivity index (χ0) is 11.5. The van der Waals surface area contributed by atoms with Gasteiger partial charge in [-0.1, -0.05) is 19.1 Å². The first kappa shape index (κ1) is 10.9. The molecule has 2 aromatic rings. The molecule has 1 aromatic heterocycles. The van der Waals surface area contributed by atoms with E-state index in [-0.39, 0.29) is 0 Å². The molecule has 2 nitrogen and oxygen atoms in total. The highest BCUT2D eigenvalue weighted by molar-refractivity contribution is 7.12. The molecule has 1 aromatic carbocycles. The second-order valence-electron chi connectivity index (χ2n) is 3.62. The molecular weight excluding hydrogens is 218 g/mol. The van der Waals surface area contributed by atoms with Crippen molar-refractivity contribution in [3.8, 4) is 11.1 Å². The second-order valence-corrected chi connectivity index (χ2v) is 4.57. The third-order valence-electron chi connectivity index (χ3n) is 2.60. The Labute approximate surface area is 98.7 Å². The summed E-state index contributed by atoms with van der Waals surface area (Å²) in [5.74, 6) is 0. The number of anilines is 1. The first-order chi connectivity index (χ1) is 7.74. The summed E-state index contributed by atoms with van der Waals surface area (Å²) < 4.78 is 0. The van der Waals surface area contributed by atoms with Crippen LogP contribution in [0.25, 0.3) is 11.1 Å². The summed E-state index contributed by atoms with van der Waals surface area (Å²) in [6.07, 6.45) is 1.81. The van der Waals surface area contributed by atoms with Crippen molar-refractivity contribution in [2.75, 3.05) is 5.73 Å². The average molecular weight is 231 g/mol. The van der Waals surface area contributed by atoms with E-state index in [1.807, 2.05) is 29.6 Å². The Kier molecular flexibility index (Phi) is 3.06. The van der Waals surface area contributed by atoms with Gasteiger partial charge in [0.05, 0.1) is 4.88 Å². The van der Waals surface area contributed by atoms with Crippen LogP contribution in [0.3, 0.4) is 0 Å². The number of carbonyl (C=O) groups excluding carboxylic acids is 1. The van der Waals surface area contributed by atoms with E-state index in [1.165, 1.54) is 11.3 Å². The molecule has 0 saturated carbocycles. The van der Waals surface area contributed by atoms with Crippen molar-refractivity contribution in [1.82, 2.24) is 0 Å². The van der Waals surface area contributed by atoms with Crippen molar-refractivity contribution in [2.45, 2.75) is 13.3 Å². The third-order valence-corrected chi connectivity index (χ3v) is 3.45. The highest BCUT2D eigenvalue weighted by atomic mass is 32.1. The van der Waals surface area contributed by atoms with Gasteiger partial charge < -0.3 is 5.73 Å². The number of carbonyl (C=O) groups is 1. The van der Waals surface area contributed by atoms with Crippen molar-refractivity contribution in [1.29, 1.82) is 0 Å². The Hall–Kier alpha value is -1.61. The van der Waals surface area contributed by atoms with E-state index in [0.29, 0.717) is 0 Å². The van der Waals surface area contributed by atoms with Gasteiger partial charge in [-0.2, -0.15) is 0 Å². The molecule has 2 rings (SSSR count). The number of nitrogens with two attached hydrogens (primary N) is 1. The molecule has 0 aliphatic rings. The summed E-state index contributed by atoms with van der Waals surface area (Å²) in [6.45, 7) is 2.08. The van der Waals surface area contributed by atoms with Crippen LogP contribution < -0.4 is 5.73 Å². The Morgan fingerprint density at radius 1 is 1.31 bits per heavy atom. The monoisotopic (exact) mass is 231 g/mol. The van der Waals surface area contributed by atoms with Gasteiger partial charge in [0.1, 0.15) is 0 Å². The van der Waals surface area contributed by atoms with Gasteiger partial charge in [0, 0.05) is 5.69 Å². The SMILES string of the molecule is CCc1ccc(-c2csc(C=O)c2)cc1N. The van der Waals surface area contributed by atoms with Crippen LogP contribution in [0.2, 0.25) is 0 Å². The number of aryl methyl sites for hydroxylation is 1. The summed E-state index contributed by atoms with van der Waals surface area (Å²) in [6, 6.07) is 7.95. The molecule has 1 heterocycles. The number of hydrogen-bond donors (Lipinski definition) is 1. The minimum atomic E-state index is 0.744. The first-order valence-electron chi connectivity index (χ1n) is 5.17. The molecule has 16 heavy (non-hydrogen) atoms. The van der Waals surface area contributed by atoms with Crippen LogP contribution in [-0.2, 0) is 6.42 Å². The molecule has 0 radical (unpaired) electrons. The van der Waals surface area contributed by atoms with Gasteiger partial charge in [-0.25, -0.2) is 0 Å². The maximum Gasteiger partial charge on any atom is 0.160 e. The molecule has 0 spiro atoms. The fourth-order valence-electron chi connectivity index (χ4n) is 1.66. The van der Waals surface area contributed by atoms with Gasteiger partial charge in [-0.3, -0.25) is 4.79 Å². The lowest BCUT2D eigenvalue weighted by molar-refractivity contribution is 0.112. The minimum Gasteiger partial charge on any atom is -0.398 e. The lowest BCUT2D eigenvalue weighted by atomic mass is 10.0. The lowest BCUT2D eigenvalue weighted by Crippen LogP contribution is -1.92. The summed E-state index contributed by atoms with van der Waals surface area (Å²) in [4.78, 5) is 11.3. The highest BCUT2D eigenvalue weighted by Crippen LogP contribution is 2.27. The van der Waals surface area contributed by atoms with Crippen LogP contribution in [0, 0.1) is 0 Å². The molecule has 0 saturated heterocycles. The number of benzene rings is 1. The quantitative estimate of drug-likeness (QED) is 0.650. The zero-order valence-electron chi connectivity index (χ0n) is 9.07. The maximum atomic E-state index is 10.6. The van der Waals surface area contributed by atoms with Crippen molar-refractivity contribution in [3.63, 3.8) is 0 Å². The second kappa shape index (κ2) is 4.49. The van der Waals surface area contributed by atoms with Crippen molar-refractivity contribution in [3.05, 3.63) is 40.1 Å². The number of rotatable bonds is 3. The fraction of sp³-hybridized carbons (Fsp3) is 0.154. The molecule has 0 bridgehead atoms. The van der Waals surface area contributed by atoms with E-state index in [2.05, 4.69) is 6.92 Å². The molecule has 0 aliphatic carbocycles. The average Bonchev–Trinajstić information content (AvgIpc) is 2.77. The molecule has 0 aliphatic heterocycles. The summed E-state index contributed by atoms with van der Waals surface area (Å²) in [5, 5.41) is 1.98. The molecule has 0 atom stereocenters. The molecule has 2 N–H and O–H groups in total. The van der Waals surface area contributed by atoms with Gasteiger partial charge in [-0.15, -0.1) is 11.3 Å². The van der Waals surface area contributed by atoms with E-state index in [1.54, 1.807) is 0 Å². The van der Waals surface area contributed by atoms with E-state index in [9.17, 15) is 4.79 Å². The number of thiophene rings is 1. The highest BCUT2D eigenvalue weighted by Gasteiger charge is 2.04. The van der Waals surface area contributed by atoms with Gasteiger partial charge in [0.25, 0.3) is 0 Å². The van der Waals surface area contributed by atoms with Crippen LogP contribution in [0.5, 0.6) is 0 Å². The molecule has 0 amide bonds. The van der Waals surface area contributed by atoms with Crippen LogP contribution in [0.1, 0.15) is 22.2 Å². The maximum absolute atomic E-state index is 10.6. The first-order valence-corrected chi connectivity index (χ1v) is 6.05. The molecule has 3 heteroatoms. The van der Waals surface area contributed by atoms with Crippen molar-refractivity contribution in [2.24, 2.45) is 0 Å². The number of aldehydes is 1. The topological polar surface area (TPSA) is 43.1 Å². The van der Waals surface area contributed by atoms with Gasteiger partial charge >= 0.3 is 0 Å².